The van der Waals surface area contributed by atoms with Gasteiger partial charge in [0.05, 0.1) is 16.7 Å². The number of carbonyl (C=O) groups excluding carboxylic acids is 1. The SMILES string of the molecule is CCC1(O)CCN(C(=O)Nc2cc(Oc3ccc(C(=O)O)cc3)cc(C(F)(F)F)c2)CC1. The summed E-state index contributed by atoms with van der Waals surface area (Å²) in [4.78, 5) is 24.9. The van der Waals surface area contributed by atoms with E-state index in [9.17, 15) is 27.9 Å². The summed E-state index contributed by atoms with van der Waals surface area (Å²) in [6, 6.07) is 7.47. The predicted octanol–water partition coefficient (Wildman–Crippen LogP) is 4.96. The number of nitrogens with one attached hydrogen (secondary N) is 1. The van der Waals surface area contributed by atoms with Gasteiger partial charge in [0.25, 0.3) is 0 Å². The molecular formula is C22H23F3N2O5. The number of carboxylic acid groups (broad SMARTS) is 1. The Morgan fingerprint density at radius 2 is 1.72 bits per heavy atom. The largest absolute Gasteiger partial charge is 0.478 e. The number of carboxylic acids is 1. The fraction of sp³-hybridized carbons (Fsp3) is 0.364. The lowest BCUT2D eigenvalue weighted by Crippen LogP contribution is -2.47. The summed E-state index contributed by atoms with van der Waals surface area (Å²) in [5.74, 6) is -1.17. The molecule has 2 aromatic rings. The first-order valence-electron chi connectivity index (χ1n) is 10.0. The van der Waals surface area contributed by atoms with E-state index in [0.717, 1.165) is 12.1 Å². The molecule has 1 fully saturated rings. The third kappa shape index (κ3) is 5.70. The number of hydrogen-bond donors (Lipinski definition) is 3. The van der Waals surface area contributed by atoms with Crippen molar-refractivity contribution < 1.29 is 37.7 Å². The number of aliphatic hydroxyl groups is 1. The Kier molecular flexibility index (Phi) is 6.63. The van der Waals surface area contributed by atoms with E-state index in [4.69, 9.17) is 9.84 Å². The third-order valence-corrected chi connectivity index (χ3v) is 5.46. The highest BCUT2D eigenvalue weighted by atomic mass is 19.4. The molecule has 0 aromatic heterocycles. The highest BCUT2D eigenvalue weighted by Gasteiger charge is 2.34. The monoisotopic (exact) mass is 452 g/mol. The fourth-order valence-corrected chi connectivity index (χ4v) is 3.38. The lowest BCUT2D eigenvalue weighted by molar-refractivity contribution is -0.137. The van der Waals surface area contributed by atoms with Crippen LogP contribution in [0.5, 0.6) is 11.5 Å². The number of likely N-dealkylation sites (tertiary alicyclic amines) is 1. The summed E-state index contributed by atoms with van der Waals surface area (Å²) >= 11 is 0. The molecule has 10 heteroatoms. The van der Waals surface area contributed by atoms with E-state index in [1.807, 2.05) is 6.92 Å². The highest BCUT2D eigenvalue weighted by molar-refractivity contribution is 5.90. The molecule has 3 rings (SSSR count). The molecule has 32 heavy (non-hydrogen) atoms. The van der Waals surface area contributed by atoms with E-state index in [1.54, 1.807) is 0 Å². The zero-order valence-electron chi connectivity index (χ0n) is 17.3. The molecule has 0 saturated carbocycles. The Hall–Kier alpha value is -3.27. The van der Waals surface area contributed by atoms with Gasteiger partial charge in [-0.3, -0.25) is 0 Å². The molecular weight excluding hydrogens is 429 g/mol. The molecule has 172 valence electrons. The summed E-state index contributed by atoms with van der Waals surface area (Å²) in [6.07, 6.45) is -3.33. The Morgan fingerprint density at radius 1 is 1.09 bits per heavy atom. The van der Waals surface area contributed by atoms with Crippen LogP contribution in [0.1, 0.15) is 42.1 Å². The molecule has 1 aliphatic rings. The molecule has 0 spiro atoms. The van der Waals surface area contributed by atoms with Crippen LogP contribution >= 0.6 is 0 Å². The Labute approximate surface area is 182 Å². The number of urea groups is 1. The third-order valence-electron chi connectivity index (χ3n) is 5.46. The van der Waals surface area contributed by atoms with Gasteiger partial charge in [-0.05, 0) is 55.7 Å². The molecule has 2 amide bonds. The van der Waals surface area contributed by atoms with Crippen LogP contribution in [0.25, 0.3) is 0 Å². The van der Waals surface area contributed by atoms with Crippen molar-refractivity contribution in [3.8, 4) is 11.5 Å². The average molecular weight is 452 g/mol. The number of hydrogen-bond acceptors (Lipinski definition) is 4. The molecule has 0 aliphatic carbocycles. The fourth-order valence-electron chi connectivity index (χ4n) is 3.38. The van der Waals surface area contributed by atoms with Crippen molar-refractivity contribution >= 4 is 17.7 Å². The first kappa shape index (κ1) is 23.4. The Bertz CT molecular complexity index is 984. The highest BCUT2D eigenvalue weighted by Crippen LogP contribution is 2.36. The number of benzene rings is 2. The maximum atomic E-state index is 13.4. The number of aromatic carboxylic acids is 1. The zero-order valence-corrected chi connectivity index (χ0v) is 17.3. The van der Waals surface area contributed by atoms with Crippen LogP contribution in [0.2, 0.25) is 0 Å². The average Bonchev–Trinajstić information content (AvgIpc) is 2.74. The van der Waals surface area contributed by atoms with Crippen molar-refractivity contribution in [1.82, 2.24) is 4.90 Å². The Balaban J connectivity index is 1.78. The maximum Gasteiger partial charge on any atom is 0.416 e. The van der Waals surface area contributed by atoms with Crippen LogP contribution in [-0.4, -0.2) is 45.8 Å². The number of halogens is 3. The van der Waals surface area contributed by atoms with E-state index in [-0.39, 0.29) is 35.8 Å². The second-order valence-electron chi connectivity index (χ2n) is 7.67. The quantitative estimate of drug-likeness (QED) is 0.595. The van der Waals surface area contributed by atoms with Gasteiger partial charge >= 0.3 is 18.2 Å². The summed E-state index contributed by atoms with van der Waals surface area (Å²) in [5.41, 5.74) is -1.93. The van der Waals surface area contributed by atoms with Gasteiger partial charge in [-0.2, -0.15) is 13.2 Å². The second-order valence-corrected chi connectivity index (χ2v) is 7.67. The normalized spacial score (nSPS) is 15.8. The molecule has 0 atom stereocenters. The lowest BCUT2D eigenvalue weighted by atomic mass is 9.89. The minimum atomic E-state index is -4.67. The number of amides is 2. The van der Waals surface area contributed by atoms with Crippen LogP contribution in [0.4, 0.5) is 23.7 Å². The minimum Gasteiger partial charge on any atom is -0.478 e. The molecule has 7 nitrogen and oxygen atoms in total. The van der Waals surface area contributed by atoms with Crippen molar-refractivity contribution in [2.75, 3.05) is 18.4 Å². The standard InChI is InChI=1S/C22H23F3N2O5/c1-2-21(31)7-9-27(10-8-21)20(30)26-16-11-15(22(23,24)25)12-18(13-16)32-17-5-3-14(4-6-17)19(28)29/h3-6,11-13,31H,2,7-10H2,1H3,(H,26,30)(H,28,29). The van der Waals surface area contributed by atoms with Crippen LogP contribution in [0, 0.1) is 0 Å². The first-order chi connectivity index (χ1) is 15.0. The van der Waals surface area contributed by atoms with E-state index < -0.39 is 29.3 Å². The van der Waals surface area contributed by atoms with Gasteiger partial charge in [-0.1, -0.05) is 6.92 Å². The molecule has 0 unspecified atom stereocenters. The van der Waals surface area contributed by atoms with Crippen LogP contribution < -0.4 is 10.1 Å². The number of piperidine rings is 1. The van der Waals surface area contributed by atoms with Crippen molar-refractivity contribution in [3.05, 3.63) is 53.6 Å². The summed E-state index contributed by atoms with van der Waals surface area (Å²) < 4.78 is 45.6. The maximum absolute atomic E-state index is 13.4. The number of alkyl halides is 3. The molecule has 1 heterocycles. The summed E-state index contributed by atoms with van der Waals surface area (Å²) in [6.45, 7) is 2.43. The van der Waals surface area contributed by atoms with E-state index in [0.29, 0.717) is 19.3 Å². The van der Waals surface area contributed by atoms with Gasteiger partial charge in [-0.15, -0.1) is 0 Å². The number of carbonyl (C=O) groups is 2. The van der Waals surface area contributed by atoms with Gasteiger partial charge in [0.1, 0.15) is 11.5 Å². The molecule has 1 aliphatic heterocycles. The van der Waals surface area contributed by atoms with Gasteiger partial charge in [0, 0.05) is 24.8 Å². The number of anilines is 1. The minimum absolute atomic E-state index is 0.00541. The molecule has 2 aromatic carbocycles. The van der Waals surface area contributed by atoms with E-state index >= 15 is 0 Å². The van der Waals surface area contributed by atoms with Crippen molar-refractivity contribution in [3.63, 3.8) is 0 Å². The molecule has 0 radical (unpaired) electrons. The summed E-state index contributed by atoms with van der Waals surface area (Å²) in [7, 11) is 0. The number of ether oxygens (including phenoxy) is 1. The van der Waals surface area contributed by atoms with Crippen molar-refractivity contribution in [1.29, 1.82) is 0 Å². The Morgan fingerprint density at radius 3 is 2.25 bits per heavy atom. The number of rotatable bonds is 5. The van der Waals surface area contributed by atoms with Crippen LogP contribution in [0.15, 0.2) is 42.5 Å². The zero-order chi connectivity index (χ0) is 23.5. The lowest BCUT2D eigenvalue weighted by Gasteiger charge is -2.37. The molecule has 1 saturated heterocycles. The molecule has 3 N–H and O–H groups in total. The van der Waals surface area contributed by atoms with Crippen LogP contribution in [0.3, 0.4) is 0 Å². The van der Waals surface area contributed by atoms with Crippen LogP contribution in [-0.2, 0) is 6.18 Å². The van der Waals surface area contributed by atoms with Gasteiger partial charge in [0.15, 0.2) is 0 Å². The smallest absolute Gasteiger partial charge is 0.416 e. The van der Waals surface area contributed by atoms with Gasteiger partial charge < -0.3 is 25.2 Å². The van der Waals surface area contributed by atoms with Gasteiger partial charge in [-0.25, -0.2) is 9.59 Å². The topological polar surface area (TPSA) is 99.1 Å². The van der Waals surface area contributed by atoms with Gasteiger partial charge in [0.2, 0.25) is 0 Å². The van der Waals surface area contributed by atoms with Crippen molar-refractivity contribution in [2.45, 2.75) is 38.0 Å². The first-order valence-corrected chi connectivity index (χ1v) is 10.0. The predicted molar refractivity (Wildman–Crippen MR) is 110 cm³/mol. The van der Waals surface area contributed by atoms with E-state index in [2.05, 4.69) is 5.32 Å². The second kappa shape index (κ2) is 9.07. The molecule has 0 bridgehead atoms. The summed E-state index contributed by atoms with van der Waals surface area (Å²) in [5, 5.41) is 21.7. The van der Waals surface area contributed by atoms with E-state index in [1.165, 1.54) is 35.2 Å². The number of nitrogens with zero attached hydrogens (tertiary/aromatic N) is 1. The van der Waals surface area contributed by atoms with Crippen molar-refractivity contribution in [2.24, 2.45) is 0 Å².